The first-order valence-electron chi connectivity index (χ1n) is 6.93. The Kier molecular flexibility index (Phi) is 4.79. The van der Waals surface area contributed by atoms with E-state index < -0.39 is 0 Å². The number of hydrogen-bond acceptors (Lipinski definition) is 3. The molecule has 6 heteroatoms. The van der Waals surface area contributed by atoms with Crippen LogP contribution in [0.25, 0.3) is 0 Å². The molecule has 2 N–H and O–H groups in total. The van der Waals surface area contributed by atoms with E-state index in [9.17, 15) is 4.79 Å². The summed E-state index contributed by atoms with van der Waals surface area (Å²) in [6, 6.07) is -0.161. The molecule has 6 nitrogen and oxygen atoms in total. The number of aromatic nitrogens is 2. The Labute approximate surface area is 113 Å². The van der Waals surface area contributed by atoms with Crippen molar-refractivity contribution in [3.05, 3.63) is 18.2 Å². The molecule has 0 spiro atoms. The average molecular weight is 266 g/mol. The Balaban J connectivity index is 2.09. The summed E-state index contributed by atoms with van der Waals surface area (Å²) in [6.07, 6.45) is 5.43. The van der Waals surface area contributed by atoms with Gasteiger partial charge in [-0.05, 0) is 26.7 Å². The molecule has 2 heterocycles. The van der Waals surface area contributed by atoms with Gasteiger partial charge in [0.15, 0.2) is 0 Å². The number of carbonyl (C=O) groups is 1. The molecule has 0 radical (unpaired) electrons. The van der Waals surface area contributed by atoms with Crippen LogP contribution in [0.3, 0.4) is 0 Å². The zero-order valence-corrected chi connectivity index (χ0v) is 11.6. The average Bonchev–Trinajstić information content (AvgIpc) is 2.87. The monoisotopic (exact) mass is 266 g/mol. The fourth-order valence-corrected chi connectivity index (χ4v) is 2.41. The molecule has 0 unspecified atom stereocenters. The molecule has 1 saturated heterocycles. The number of hydrogen-bond donors (Lipinski definition) is 2. The Morgan fingerprint density at radius 2 is 2.42 bits per heavy atom. The van der Waals surface area contributed by atoms with Crippen LogP contribution >= 0.6 is 0 Å². The van der Waals surface area contributed by atoms with E-state index in [-0.39, 0.29) is 18.2 Å². The van der Waals surface area contributed by atoms with E-state index in [0.717, 1.165) is 31.8 Å². The van der Waals surface area contributed by atoms with Gasteiger partial charge in [0.25, 0.3) is 0 Å². The Morgan fingerprint density at radius 3 is 3.16 bits per heavy atom. The SMILES string of the molecule is CCNC(=O)N[C@H]1CCCO[C@@H]1c1nccn1CC. The minimum atomic E-state index is -0.161. The van der Waals surface area contributed by atoms with Gasteiger partial charge in [0, 0.05) is 32.1 Å². The molecular formula is C13H22N4O2. The highest BCUT2D eigenvalue weighted by molar-refractivity contribution is 5.74. The Morgan fingerprint density at radius 1 is 1.58 bits per heavy atom. The zero-order valence-electron chi connectivity index (χ0n) is 11.6. The highest BCUT2D eigenvalue weighted by atomic mass is 16.5. The van der Waals surface area contributed by atoms with E-state index in [4.69, 9.17) is 4.74 Å². The summed E-state index contributed by atoms with van der Waals surface area (Å²) in [5.41, 5.74) is 0. The van der Waals surface area contributed by atoms with Crippen molar-refractivity contribution in [2.45, 2.75) is 45.4 Å². The summed E-state index contributed by atoms with van der Waals surface area (Å²) in [5, 5.41) is 5.74. The van der Waals surface area contributed by atoms with E-state index in [2.05, 4.69) is 27.1 Å². The molecule has 2 rings (SSSR count). The van der Waals surface area contributed by atoms with Crippen LogP contribution in [0.2, 0.25) is 0 Å². The minimum absolute atomic E-state index is 0.0204. The van der Waals surface area contributed by atoms with Gasteiger partial charge in [0.2, 0.25) is 0 Å². The van der Waals surface area contributed by atoms with Gasteiger partial charge in [-0.3, -0.25) is 0 Å². The predicted molar refractivity (Wildman–Crippen MR) is 71.8 cm³/mol. The second-order valence-electron chi connectivity index (χ2n) is 4.62. The van der Waals surface area contributed by atoms with Crippen molar-refractivity contribution < 1.29 is 9.53 Å². The third kappa shape index (κ3) is 3.26. The van der Waals surface area contributed by atoms with Gasteiger partial charge in [0.05, 0.1) is 6.04 Å². The fourth-order valence-electron chi connectivity index (χ4n) is 2.41. The van der Waals surface area contributed by atoms with E-state index in [1.807, 2.05) is 13.1 Å². The maximum atomic E-state index is 11.7. The van der Waals surface area contributed by atoms with Crippen LogP contribution < -0.4 is 10.6 Å². The highest BCUT2D eigenvalue weighted by Gasteiger charge is 2.31. The van der Waals surface area contributed by atoms with Gasteiger partial charge in [-0.2, -0.15) is 0 Å². The van der Waals surface area contributed by atoms with Gasteiger partial charge in [-0.15, -0.1) is 0 Å². The summed E-state index contributed by atoms with van der Waals surface area (Å²) < 4.78 is 7.89. The van der Waals surface area contributed by atoms with Crippen molar-refractivity contribution in [2.75, 3.05) is 13.2 Å². The molecule has 0 saturated carbocycles. The van der Waals surface area contributed by atoms with Crippen molar-refractivity contribution in [1.82, 2.24) is 20.2 Å². The molecular weight excluding hydrogens is 244 g/mol. The van der Waals surface area contributed by atoms with Gasteiger partial charge < -0.3 is 19.9 Å². The highest BCUT2D eigenvalue weighted by Crippen LogP contribution is 2.27. The van der Waals surface area contributed by atoms with E-state index in [0.29, 0.717) is 6.54 Å². The van der Waals surface area contributed by atoms with Crippen LogP contribution in [0, 0.1) is 0 Å². The normalized spacial score (nSPS) is 23.1. The second kappa shape index (κ2) is 6.56. The third-order valence-corrected chi connectivity index (χ3v) is 3.32. The molecule has 19 heavy (non-hydrogen) atoms. The lowest BCUT2D eigenvalue weighted by molar-refractivity contribution is -0.0145. The molecule has 1 fully saturated rings. The summed E-state index contributed by atoms with van der Waals surface area (Å²) in [4.78, 5) is 16.1. The minimum Gasteiger partial charge on any atom is -0.368 e. The lowest BCUT2D eigenvalue weighted by Crippen LogP contribution is -2.47. The predicted octanol–water partition coefficient (Wildman–Crippen LogP) is 1.44. The van der Waals surface area contributed by atoms with Crippen LogP contribution in [0.1, 0.15) is 38.6 Å². The number of carbonyl (C=O) groups excluding carboxylic acids is 1. The molecule has 2 amide bonds. The number of nitrogens with one attached hydrogen (secondary N) is 2. The summed E-state index contributed by atoms with van der Waals surface area (Å²) in [5.74, 6) is 0.893. The van der Waals surface area contributed by atoms with Crippen LogP contribution in [0.5, 0.6) is 0 Å². The van der Waals surface area contributed by atoms with Crippen molar-refractivity contribution in [3.8, 4) is 0 Å². The first-order valence-corrected chi connectivity index (χ1v) is 6.93. The molecule has 1 aromatic rings. The fraction of sp³-hybridized carbons (Fsp3) is 0.692. The molecule has 106 valence electrons. The number of amides is 2. The molecule has 0 bridgehead atoms. The van der Waals surface area contributed by atoms with Crippen molar-refractivity contribution in [1.29, 1.82) is 0 Å². The van der Waals surface area contributed by atoms with Crippen LogP contribution in [0.4, 0.5) is 4.79 Å². The molecule has 1 aliphatic rings. The quantitative estimate of drug-likeness (QED) is 0.866. The summed E-state index contributed by atoms with van der Waals surface area (Å²) in [7, 11) is 0. The zero-order chi connectivity index (χ0) is 13.7. The molecule has 1 aliphatic heterocycles. The second-order valence-corrected chi connectivity index (χ2v) is 4.62. The van der Waals surface area contributed by atoms with Crippen LogP contribution in [0.15, 0.2) is 12.4 Å². The number of ether oxygens (including phenoxy) is 1. The smallest absolute Gasteiger partial charge is 0.315 e. The number of nitrogens with zero attached hydrogens (tertiary/aromatic N) is 2. The summed E-state index contributed by atoms with van der Waals surface area (Å²) in [6.45, 7) is 6.16. The lowest BCUT2D eigenvalue weighted by Gasteiger charge is -2.32. The van der Waals surface area contributed by atoms with Gasteiger partial charge in [-0.25, -0.2) is 9.78 Å². The van der Waals surface area contributed by atoms with Crippen LogP contribution in [-0.2, 0) is 11.3 Å². The standard InChI is InChI=1S/C13H22N4O2/c1-3-14-13(18)16-10-6-5-9-19-11(10)12-15-7-8-17(12)4-2/h7-8,10-11H,3-6,9H2,1-2H3,(H2,14,16,18)/t10-,11-/m0/s1. The number of aryl methyl sites for hydroxylation is 1. The van der Waals surface area contributed by atoms with Crippen molar-refractivity contribution in [2.24, 2.45) is 0 Å². The maximum absolute atomic E-state index is 11.7. The van der Waals surface area contributed by atoms with E-state index in [1.54, 1.807) is 6.20 Å². The first kappa shape index (κ1) is 13.9. The third-order valence-electron chi connectivity index (χ3n) is 3.32. The van der Waals surface area contributed by atoms with E-state index in [1.165, 1.54) is 0 Å². The summed E-state index contributed by atoms with van der Waals surface area (Å²) >= 11 is 0. The molecule has 0 aliphatic carbocycles. The maximum Gasteiger partial charge on any atom is 0.315 e. The van der Waals surface area contributed by atoms with E-state index >= 15 is 0 Å². The number of imidazole rings is 1. The lowest BCUT2D eigenvalue weighted by atomic mass is 10.0. The molecule has 1 aromatic heterocycles. The number of rotatable bonds is 4. The van der Waals surface area contributed by atoms with Gasteiger partial charge >= 0.3 is 6.03 Å². The first-order chi connectivity index (χ1) is 9.26. The largest absolute Gasteiger partial charge is 0.368 e. The Bertz CT molecular complexity index is 419. The van der Waals surface area contributed by atoms with Gasteiger partial charge in [0.1, 0.15) is 11.9 Å². The van der Waals surface area contributed by atoms with Crippen LogP contribution in [-0.4, -0.2) is 34.8 Å². The number of urea groups is 1. The van der Waals surface area contributed by atoms with Crippen molar-refractivity contribution in [3.63, 3.8) is 0 Å². The topological polar surface area (TPSA) is 68.2 Å². The van der Waals surface area contributed by atoms with Gasteiger partial charge in [-0.1, -0.05) is 0 Å². The van der Waals surface area contributed by atoms with Crippen molar-refractivity contribution >= 4 is 6.03 Å². The molecule has 0 aromatic carbocycles. The Hall–Kier alpha value is -1.56. The molecule has 2 atom stereocenters.